The number of nitrogens with two attached hydrogens (primary N) is 2. The molecule has 0 aliphatic carbocycles. The van der Waals surface area contributed by atoms with Crippen molar-refractivity contribution in [2.24, 2.45) is 10.9 Å². The molecule has 9 heteroatoms. The molecule has 0 unspecified atom stereocenters. The second-order valence-corrected chi connectivity index (χ2v) is 7.40. The van der Waals surface area contributed by atoms with Crippen molar-refractivity contribution in [3.63, 3.8) is 0 Å². The van der Waals surface area contributed by atoms with Crippen LogP contribution < -0.4 is 20.5 Å². The van der Waals surface area contributed by atoms with Crippen LogP contribution in [0.5, 0.6) is 0 Å². The van der Waals surface area contributed by atoms with Gasteiger partial charge in [-0.15, -0.1) is 0 Å². The molecule has 0 spiro atoms. The third-order valence-corrected chi connectivity index (χ3v) is 5.33. The predicted octanol–water partition coefficient (Wildman–Crippen LogP) is -0.301. The summed E-state index contributed by atoms with van der Waals surface area (Å²) >= 11 is 0. The van der Waals surface area contributed by atoms with E-state index in [2.05, 4.69) is 5.32 Å². The number of nitrogens with one attached hydrogen (secondary N) is 1. The van der Waals surface area contributed by atoms with E-state index in [1.807, 2.05) is 0 Å². The number of benzene rings is 1. The molecule has 1 aromatic carbocycles. The van der Waals surface area contributed by atoms with Crippen molar-refractivity contribution in [2.75, 3.05) is 29.4 Å². The fourth-order valence-electron chi connectivity index (χ4n) is 2.91. The number of carbonyl (C=O) groups is 1. The van der Waals surface area contributed by atoms with Gasteiger partial charge in [-0.3, -0.25) is 9.10 Å². The Labute approximate surface area is 134 Å². The van der Waals surface area contributed by atoms with E-state index in [0.717, 1.165) is 9.87 Å². The summed E-state index contributed by atoms with van der Waals surface area (Å²) in [7, 11) is -3.81. The largest absolute Gasteiger partial charge is 0.381 e. The van der Waals surface area contributed by atoms with Crippen LogP contribution in [-0.4, -0.2) is 39.6 Å². The monoisotopic (exact) mass is 340 g/mol. The molecule has 0 bridgehead atoms. The van der Waals surface area contributed by atoms with Crippen LogP contribution >= 0.6 is 0 Å². The number of hydrogen-bond acceptors (Lipinski definition) is 5. The number of nitrogens with zero attached hydrogens (tertiary/aromatic N) is 1. The normalized spacial score (nSPS) is 20.2. The number of carbonyl (C=O) groups excluding carboxylic acids is 1. The first-order valence-electron chi connectivity index (χ1n) is 7.41. The third kappa shape index (κ3) is 3.18. The van der Waals surface area contributed by atoms with Crippen LogP contribution in [0.4, 0.5) is 11.4 Å². The van der Waals surface area contributed by atoms with Gasteiger partial charge < -0.3 is 15.8 Å². The van der Waals surface area contributed by atoms with Gasteiger partial charge in [0.2, 0.25) is 5.91 Å². The van der Waals surface area contributed by atoms with Gasteiger partial charge in [0, 0.05) is 25.4 Å². The van der Waals surface area contributed by atoms with Crippen LogP contribution in [0, 0.1) is 0 Å². The molecule has 1 fully saturated rings. The lowest BCUT2D eigenvalue weighted by atomic mass is 9.90. The van der Waals surface area contributed by atoms with Gasteiger partial charge in [-0.05, 0) is 37.0 Å². The number of ether oxygens (including phenoxy) is 1. The zero-order chi connectivity index (χ0) is 16.7. The van der Waals surface area contributed by atoms with Crippen molar-refractivity contribution >= 4 is 27.5 Å². The summed E-state index contributed by atoms with van der Waals surface area (Å²) in [6, 6.07) is 5.16. The molecule has 5 N–H and O–H groups in total. The van der Waals surface area contributed by atoms with E-state index in [0.29, 0.717) is 50.4 Å². The SMILES string of the molecule is NC1(C(=O)Nc2ccc3c(c2)N(S(N)(=O)=O)CC3)CCOCC1. The van der Waals surface area contributed by atoms with Gasteiger partial charge in [-0.1, -0.05) is 6.07 Å². The Hall–Kier alpha value is -1.68. The maximum absolute atomic E-state index is 12.4. The van der Waals surface area contributed by atoms with E-state index in [1.54, 1.807) is 18.2 Å². The highest BCUT2D eigenvalue weighted by molar-refractivity contribution is 7.90. The highest BCUT2D eigenvalue weighted by Gasteiger charge is 2.36. The van der Waals surface area contributed by atoms with Gasteiger partial charge >= 0.3 is 0 Å². The fraction of sp³-hybridized carbons (Fsp3) is 0.500. The molecule has 8 nitrogen and oxygen atoms in total. The summed E-state index contributed by atoms with van der Waals surface area (Å²) in [4.78, 5) is 12.4. The fourth-order valence-corrected chi connectivity index (χ4v) is 3.70. The molecule has 23 heavy (non-hydrogen) atoms. The van der Waals surface area contributed by atoms with Gasteiger partial charge in [-0.25, -0.2) is 5.14 Å². The molecule has 3 rings (SSSR count). The average molecular weight is 340 g/mol. The molecule has 0 saturated carbocycles. The highest BCUT2D eigenvalue weighted by Crippen LogP contribution is 2.32. The van der Waals surface area contributed by atoms with Crippen LogP contribution in [0.15, 0.2) is 18.2 Å². The molecular weight excluding hydrogens is 320 g/mol. The minimum atomic E-state index is -3.81. The van der Waals surface area contributed by atoms with Crippen molar-refractivity contribution < 1.29 is 17.9 Å². The van der Waals surface area contributed by atoms with Gasteiger partial charge in [0.25, 0.3) is 10.2 Å². The molecule has 0 radical (unpaired) electrons. The maximum Gasteiger partial charge on any atom is 0.299 e. The Morgan fingerprint density at radius 2 is 2.00 bits per heavy atom. The van der Waals surface area contributed by atoms with Gasteiger partial charge in [0.05, 0.1) is 5.69 Å². The molecule has 2 aliphatic heterocycles. The number of anilines is 2. The molecule has 126 valence electrons. The number of fused-ring (bicyclic) bond motifs is 1. The average Bonchev–Trinajstić information content (AvgIpc) is 2.91. The summed E-state index contributed by atoms with van der Waals surface area (Å²) in [5, 5.41) is 7.99. The van der Waals surface area contributed by atoms with Crippen LogP contribution in [0.25, 0.3) is 0 Å². The summed E-state index contributed by atoms with van der Waals surface area (Å²) in [6.45, 7) is 1.21. The van der Waals surface area contributed by atoms with Crippen LogP contribution in [0.2, 0.25) is 0 Å². The Morgan fingerprint density at radius 3 is 2.65 bits per heavy atom. The van der Waals surface area contributed by atoms with Crippen LogP contribution in [0.1, 0.15) is 18.4 Å². The Morgan fingerprint density at radius 1 is 1.30 bits per heavy atom. The highest BCUT2D eigenvalue weighted by atomic mass is 32.2. The molecule has 1 aromatic rings. The topological polar surface area (TPSA) is 128 Å². The first-order chi connectivity index (χ1) is 10.8. The van der Waals surface area contributed by atoms with Crippen molar-refractivity contribution in [1.82, 2.24) is 0 Å². The lowest BCUT2D eigenvalue weighted by Crippen LogP contribution is -2.54. The summed E-state index contributed by atoms with van der Waals surface area (Å²) in [5.41, 5.74) is 7.06. The van der Waals surface area contributed by atoms with Crippen molar-refractivity contribution in [3.05, 3.63) is 23.8 Å². The van der Waals surface area contributed by atoms with Gasteiger partial charge in [0.1, 0.15) is 5.54 Å². The second kappa shape index (κ2) is 5.75. The standard InChI is InChI=1S/C14H20N4O4S/c15-14(4-7-22-8-5-14)13(19)17-11-2-1-10-3-6-18(12(10)9-11)23(16,20)21/h1-2,9H,3-8,15H2,(H,17,19)(H2,16,20,21). The lowest BCUT2D eigenvalue weighted by Gasteiger charge is -2.31. The molecule has 0 aromatic heterocycles. The quantitative estimate of drug-likeness (QED) is 0.696. The minimum absolute atomic E-state index is 0.291. The van der Waals surface area contributed by atoms with Gasteiger partial charge in [-0.2, -0.15) is 8.42 Å². The zero-order valence-corrected chi connectivity index (χ0v) is 13.4. The molecule has 2 aliphatic rings. The second-order valence-electron chi connectivity index (χ2n) is 5.93. The van der Waals surface area contributed by atoms with E-state index in [9.17, 15) is 13.2 Å². The molecule has 1 amide bonds. The molecule has 0 atom stereocenters. The van der Waals surface area contributed by atoms with E-state index in [1.165, 1.54) is 0 Å². The first-order valence-corrected chi connectivity index (χ1v) is 8.91. The summed E-state index contributed by atoms with van der Waals surface area (Å²) < 4.78 is 29.6. The predicted molar refractivity (Wildman–Crippen MR) is 86.2 cm³/mol. The van der Waals surface area contributed by atoms with Crippen LogP contribution in [0.3, 0.4) is 0 Å². The van der Waals surface area contributed by atoms with Crippen molar-refractivity contribution in [2.45, 2.75) is 24.8 Å². The number of rotatable bonds is 3. The van der Waals surface area contributed by atoms with E-state index >= 15 is 0 Å². The zero-order valence-electron chi connectivity index (χ0n) is 12.6. The minimum Gasteiger partial charge on any atom is -0.381 e. The summed E-state index contributed by atoms with van der Waals surface area (Å²) in [6.07, 6.45) is 1.50. The molecule has 2 heterocycles. The van der Waals surface area contributed by atoms with E-state index in [4.69, 9.17) is 15.6 Å². The Bertz CT molecular complexity index is 728. The Kier molecular flexibility index (Phi) is 4.05. The molecular formula is C14H20N4O4S. The van der Waals surface area contributed by atoms with E-state index < -0.39 is 15.7 Å². The molecule has 1 saturated heterocycles. The van der Waals surface area contributed by atoms with E-state index in [-0.39, 0.29) is 5.91 Å². The summed E-state index contributed by atoms with van der Waals surface area (Å²) in [5.74, 6) is -0.291. The number of hydrogen-bond donors (Lipinski definition) is 3. The number of amides is 1. The lowest BCUT2D eigenvalue weighted by molar-refractivity contribution is -0.124. The maximum atomic E-state index is 12.4. The van der Waals surface area contributed by atoms with Crippen molar-refractivity contribution in [1.29, 1.82) is 0 Å². The third-order valence-electron chi connectivity index (χ3n) is 4.34. The van der Waals surface area contributed by atoms with Crippen LogP contribution in [-0.2, 0) is 26.2 Å². The smallest absolute Gasteiger partial charge is 0.299 e. The van der Waals surface area contributed by atoms with Crippen molar-refractivity contribution in [3.8, 4) is 0 Å². The Balaban J connectivity index is 1.81. The van der Waals surface area contributed by atoms with Gasteiger partial charge in [0.15, 0.2) is 0 Å². The first kappa shape index (κ1) is 16.2.